The van der Waals surface area contributed by atoms with Crippen molar-refractivity contribution in [3.63, 3.8) is 0 Å². The van der Waals surface area contributed by atoms with E-state index >= 15 is 0 Å². The minimum absolute atomic E-state index is 0.0391. The third kappa shape index (κ3) is 9.67. The maximum absolute atomic E-state index is 11.1. The molecule has 0 fully saturated rings. The highest BCUT2D eigenvalue weighted by Gasteiger charge is 1.99. The van der Waals surface area contributed by atoms with E-state index in [1.807, 2.05) is 6.92 Å². The molecule has 1 amide bonds. The number of nitrogens with one attached hydrogen (secondary N) is 3. The quantitative estimate of drug-likeness (QED) is 0.417. The van der Waals surface area contributed by atoms with Gasteiger partial charge in [-0.25, -0.2) is 0 Å². The summed E-state index contributed by atoms with van der Waals surface area (Å²) in [5.41, 5.74) is 0. The molecule has 6 heteroatoms. The molecule has 0 heterocycles. The summed E-state index contributed by atoms with van der Waals surface area (Å²) >= 11 is 5.03. The molecule has 0 saturated carbocycles. The van der Waals surface area contributed by atoms with Gasteiger partial charge in [0, 0.05) is 39.8 Å². The number of carbonyl (C=O) groups is 1. The molecule has 0 aliphatic carbocycles. The van der Waals surface area contributed by atoms with Crippen LogP contribution in [0.2, 0.25) is 0 Å². The summed E-state index contributed by atoms with van der Waals surface area (Å²) in [6, 6.07) is 0. The van der Waals surface area contributed by atoms with E-state index in [4.69, 9.17) is 17.0 Å². The molecule has 16 heavy (non-hydrogen) atoms. The van der Waals surface area contributed by atoms with Gasteiger partial charge in [-0.3, -0.25) is 4.79 Å². The van der Waals surface area contributed by atoms with Gasteiger partial charge in [0.1, 0.15) is 0 Å². The van der Waals surface area contributed by atoms with Crippen molar-refractivity contribution in [1.82, 2.24) is 16.0 Å². The van der Waals surface area contributed by atoms with Crippen molar-refractivity contribution in [3.8, 4) is 0 Å². The van der Waals surface area contributed by atoms with Crippen molar-refractivity contribution in [2.75, 3.05) is 33.4 Å². The fourth-order valence-corrected chi connectivity index (χ4v) is 1.26. The Labute approximate surface area is 102 Å². The first-order chi connectivity index (χ1) is 7.70. The first-order valence-corrected chi connectivity index (χ1v) is 5.88. The maximum atomic E-state index is 11.1. The zero-order chi connectivity index (χ0) is 12.2. The number of ether oxygens (including phenoxy) is 1. The van der Waals surface area contributed by atoms with Crippen LogP contribution in [0.5, 0.6) is 0 Å². The topological polar surface area (TPSA) is 62.4 Å². The Hall–Kier alpha value is -0.880. The van der Waals surface area contributed by atoms with Gasteiger partial charge in [0.25, 0.3) is 0 Å². The minimum Gasteiger partial charge on any atom is -0.385 e. The van der Waals surface area contributed by atoms with Crippen LogP contribution in [0.4, 0.5) is 0 Å². The Bertz CT molecular complexity index is 212. The monoisotopic (exact) mass is 247 g/mol. The molecule has 0 radical (unpaired) electrons. The second-order valence-electron chi connectivity index (χ2n) is 3.23. The van der Waals surface area contributed by atoms with Crippen LogP contribution in [0.1, 0.15) is 19.8 Å². The van der Waals surface area contributed by atoms with Crippen LogP contribution in [0, 0.1) is 0 Å². The second-order valence-corrected chi connectivity index (χ2v) is 3.64. The van der Waals surface area contributed by atoms with Crippen LogP contribution in [-0.4, -0.2) is 44.4 Å². The van der Waals surface area contributed by atoms with Gasteiger partial charge in [0.05, 0.1) is 0 Å². The van der Waals surface area contributed by atoms with Gasteiger partial charge >= 0.3 is 0 Å². The predicted molar refractivity (Wildman–Crippen MR) is 68.4 cm³/mol. The van der Waals surface area contributed by atoms with Crippen LogP contribution < -0.4 is 16.0 Å². The lowest BCUT2D eigenvalue weighted by molar-refractivity contribution is -0.120. The first kappa shape index (κ1) is 15.1. The van der Waals surface area contributed by atoms with E-state index in [1.165, 1.54) is 0 Å². The van der Waals surface area contributed by atoms with Crippen molar-refractivity contribution < 1.29 is 9.53 Å². The summed E-state index contributed by atoms with van der Waals surface area (Å²) in [5, 5.41) is 9.30. The van der Waals surface area contributed by atoms with Gasteiger partial charge in [-0.15, -0.1) is 0 Å². The van der Waals surface area contributed by atoms with Gasteiger partial charge in [0.2, 0.25) is 5.91 Å². The molecular weight excluding hydrogens is 226 g/mol. The highest BCUT2D eigenvalue weighted by atomic mass is 32.1. The zero-order valence-corrected chi connectivity index (χ0v) is 10.8. The van der Waals surface area contributed by atoms with E-state index in [1.54, 1.807) is 7.11 Å². The van der Waals surface area contributed by atoms with E-state index in [0.29, 0.717) is 31.2 Å². The fourth-order valence-electron chi connectivity index (χ4n) is 1.06. The molecule has 0 spiro atoms. The molecule has 0 aromatic carbocycles. The number of thiocarbonyl (C=S) groups is 1. The van der Waals surface area contributed by atoms with Gasteiger partial charge in [-0.05, 0) is 25.6 Å². The Morgan fingerprint density at radius 3 is 2.56 bits per heavy atom. The average molecular weight is 247 g/mol. The molecule has 0 atom stereocenters. The van der Waals surface area contributed by atoms with Crippen LogP contribution in [0.3, 0.4) is 0 Å². The van der Waals surface area contributed by atoms with E-state index in [2.05, 4.69) is 16.0 Å². The van der Waals surface area contributed by atoms with Crippen LogP contribution in [0.25, 0.3) is 0 Å². The number of carbonyl (C=O) groups excluding carboxylic acids is 1. The van der Waals surface area contributed by atoms with Crippen molar-refractivity contribution >= 4 is 23.2 Å². The van der Waals surface area contributed by atoms with Crippen LogP contribution >= 0.6 is 12.2 Å². The molecule has 0 aromatic heterocycles. The van der Waals surface area contributed by atoms with Crippen molar-refractivity contribution in [1.29, 1.82) is 0 Å². The molecule has 0 unspecified atom stereocenters. The highest BCUT2D eigenvalue weighted by molar-refractivity contribution is 7.80. The SMILES string of the molecule is CCNC(=O)CCNC(=S)NCCCOC. The molecule has 3 N–H and O–H groups in total. The van der Waals surface area contributed by atoms with Crippen LogP contribution in [0.15, 0.2) is 0 Å². The lowest BCUT2D eigenvalue weighted by Crippen LogP contribution is -2.38. The van der Waals surface area contributed by atoms with Crippen molar-refractivity contribution in [2.45, 2.75) is 19.8 Å². The number of methoxy groups -OCH3 is 1. The largest absolute Gasteiger partial charge is 0.385 e. The average Bonchev–Trinajstić information content (AvgIpc) is 2.25. The summed E-state index contributed by atoms with van der Waals surface area (Å²) < 4.78 is 4.91. The molecule has 0 bridgehead atoms. The molecule has 5 nitrogen and oxygen atoms in total. The Morgan fingerprint density at radius 1 is 1.25 bits per heavy atom. The lowest BCUT2D eigenvalue weighted by Gasteiger charge is -2.09. The Morgan fingerprint density at radius 2 is 1.94 bits per heavy atom. The minimum atomic E-state index is 0.0391. The molecule has 0 aliphatic rings. The number of hydrogen-bond donors (Lipinski definition) is 3. The molecule has 0 aromatic rings. The van der Waals surface area contributed by atoms with Crippen LogP contribution in [-0.2, 0) is 9.53 Å². The Kier molecular flexibility index (Phi) is 10.0. The predicted octanol–water partition coefficient (Wildman–Crippen LogP) is 0.0132. The van der Waals surface area contributed by atoms with E-state index in [-0.39, 0.29) is 5.91 Å². The summed E-state index contributed by atoms with van der Waals surface area (Å²) in [4.78, 5) is 11.1. The van der Waals surface area contributed by atoms with Gasteiger partial charge in [-0.1, -0.05) is 0 Å². The van der Waals surface area contributed by atoms with E-state index < -0.39 is 0 Å². The maximum Gasteiger partial charge on any atom is 0.221 e. The van der Waals surface area contributed by atoms with Crippen molar-refractivity contribution in [2.24, 2.45) is 0 Å². The summed E-state index contributed by atoms with van der Waals surface area (Å²) in [7, 11) is 1.67. The fraction of sp³-hybridized carbons (Fsp3) is 0.800. The normalized spacial score (nSPS) is 9.62. The third-order valence-corrected chi connectivity index (χ3v) is 2.11. The number of rotatable bonds is 8. The molecule has 0 rings (SSSR count). The summed E-state index contributed by atoms with van der Waals surface area (Å²) in [5.74, 6) is 0.0391. The summed E-state index contributed by atoms with van der Waals surface area (Å²) in [6.45, 7) is 4.61. The number of amides is 1. The molecule has 94 valence electrons. The highest BCUT2D eigenvalue weighted by Crippen LogP contribution is 1.80. The molecule has 0 aliphatic heterocycles. The molecule has 0 saturated heterocycles. The number of hydrogen-bond acceptors (Lipinski definition) is 3. The lowest BCUT2D eigenvalue weighted by atomic mass is 10.4. The Balaban J connectivity index is 3.33. The van der Waals surface area contributed by atoms with Gasteiger partial charge < -0.3 is 20.7 Å². The van der Waals surface area contributed by atoms with Gasteiger partial charge in [-0.2, -0.15) is 0 Å². The third-order valence-electron chi connectivity index (χ3n) is 1.82. The first-order valence-electron chi connectivity index (χ1n) is 5.48. The smallest absolute Gasteiger partial charge is 0.221 e. The standard InChI is InChI=1S/C10H21N3O2S/c1-3-11-9(14)5-7-13-10(16)12-6-4-8-15-2/h3-8H2,1-2H3,(H,11,14)(H2,12,13,16). The van der Waals surface area contributed by atoms with Crippen molar-refractivity contribution in [3.05, 3.63) is 0 Å². The second kappa shape index (κ2) is 10.6. The summed E-state index contributed by atoms with van der Waals surface area (Å²) in [6.07, 6.45) is 1.35. The van der Waals surface area contributed by atoms with E-state index in [9.17, 15) is 4.79 Å². The van der Waals surface area contributed by atoms with Gasteiger partial charge in [0.15, 0.2) is 5.11 Å². The van der Waals surface area contributed by atoms with E-state index in [0.717, 1.165) is 13.0 Å². The molecular formula is C10H21N3O2S. The zero-order valence-electron chi connectivity index (χ0n) is 9.97.